The van der Waals surface area contributed by atoms with Crippen LogP contribution in [0.5, 0.6) is 0 Å². The van der Waals surface area contributed by atoms with Crippen LogP contribution in [-0.4, -0.2) is 50.9 Å². The van der Waals surface area contributed by atoms with Crippen molar-refractivity contribution in [1.29, 1.82) is 0 Å². The van der Waals surface area contributed by atoms with Gasteiger partial charge in [-0.1, -0.05) is 12.1 Å². The first-order chi connectivity index (χ1) is 12.7. The molecule has 0 saturated carbocycles. The molecule has 1 atom stereocenters. The fourth-order valence-electron chi connectivity index (χ4n) is 2.45. The highest BCUT2D eigenvalue weighted by Gasteiger charge is 2.19. The third kappa shape index (κ3) is 6.09. The molecule has 2 aromatic rings. The summed E-state index contributed by atoms with van der Waals surface area (Å²) in [7, 11) is 1.76. The van der Waals surface area contributed by atoms with Gasteiger partial charge in [0, 0.05) is 20.0 Å². The van der Waals surface area contributed by atoms with Gasteiger partial charge in [0.15, 0.2) is 0 Å². The van der Waals surface area contributed by atoms with Crippen LogP contribution in [0.3, 0.4) is 0 Å². The second-order valence-electron chi connectivity index (χ2n) is 7.29. The van der Waals surface area contributed by atoms with Crippen molar-refractivity contribution >= 4 is 12.0 Å². The Morgan fingerprint density at radius 2 is 1.93 bits per heavy atom. The first-order valence-electron chi connectivity index (χ1n) is 8.85. The van der Waals surface area contributed by atoms with Crippen LogP contribution in [0, 0.1) is 0 Å². The van der Waals surface area contributed by atoms with Gasteiger partial charge in [-0.15, -0.1) is 0 Å². The molecule has 1 aromatic carbocycles. The Hall–Kier alpha value is -2.90. The van der Waals surface area contributed by atoms with Crippen LogP contribution in [-0.2, 0) is 9.53 Å². The van der Waals surface area contributed by atoms with Gasteiger partial charge in [-0.05, 0) is 45.4 Å². The molecule has 0 fully saturated rings. The van der Waals surface area contributed by atoms with Crippen LogP contribution in [0.4, 0.5) is 4.79 Å². The van der Waals surface area contributed by atoms with E-state index in [1.807, 2.05) is 31.2 Å². The molecule has 1 N–H and O–H groups in total. The van der Waals surface area contributed by atoms with Gasteiger partial charge in [0.1, 0.15) is 18.3 Å². The van der Waals surface area contributed by atoms with Crippen molar-refractivity contribution in [2.75, 3.05) is 13.6 Å². The molecule has 8 heteroatoms. The summed E-state index contributed by atoms with van der Waals surface area (Å²) >= 11 is 0. The number of carbonyl (C=O) groups excluding carboxylic acids is 2. The molecule has 0 saturated heterocycles. The Kier molecular flexibility index (Phi) is 6.55. The maximum atomic E-state index is 12.4. The van der Waals surface area contributed by atoms with Crippen LogP contribution in [0.1, 0.15) is 45.7 Å². The van der Waals surface area contributed by atoms with E-state index in [0.29, 0.717) is 0 Å². The third-order valence-electron chi connectivity index (χ3n) is 4.04. The van der Waals surface area contributed by atoms with E-state index in [2.05, 4.69) is 15.4 Å². The van der Waals surface area contributed by atoms with Crippen LogP contribution in [0.2, 0.25) is 0 Å². The van der Waals surface area contributed by atoms with E-state index in [-0.39, 0.29) is 24.9 Å². The lowest BCUT2D eigenvalue weighted by Crippen LogP contribution is -2.36. The maximum absolute atomic E-state index is 12.4. The Bertz CT molecular complexity index is 751. The van der Waals surface area contributed by atoms with E-state index >= 15 is 0 Å². The minimum absolute atomic E-state index is 0.0566. The molecule has 0 aliphatic rings. The molecule has 8 nitrogen and oxygen atoms in total. The number of benzene rings is 1. The molecule has 2 amide bonds. The zero-order valence-corrected chi connectivity index (χ0v) is 16.5. The smallest absolute Gasteiger partial charge is 0.407 e. The molecular formula is C19H27N5O3. The highest BCUT2D eigenvalue weighted by atomic mass is 16.6. The van der Waals surface area contributed by atoms with Crippen LogP contribution in [0.25, 0.3) is 5.69 Å². The van der Waals surface area contributed by atoms with Gasteiger partial charge in [0.2, 0.25) is 5.91 Å². The Balaban J connectivity index is 1.85. The van der Waals surface area contributed by atoms with E-state index in [0.717, 1.165) is 11.3 Å². The van der Waals surface area contributed by atoms with Crippen molar-refractivity contribution in [2.45, 2.75) is 45.8 Å². The van der Waals surface area contributed by atoms with Gasteiger partial charge >= 0.3 is 6.09 Å². The monoisotopic (exact) mass is 373 g/mol. The zero-order valence-electron chi connectivity index (χ0n) is 16.5. The summed E-state index contributed by atoms with van der Waals surface area (Å²) in [5, 5.41) is 6.69. The number of ether oxygens (including phenoxy) is 1. The second-order valence-corrected chi connectivity index (χ2v) is 7.29. The zero-order chi connectivity index (χ0) is 20.0. The maximum Gasteiger partial charge on any atom is 0.407 e. The van der Waals surface area contributed by atoms with E-state index in [1.165, 1.54) is 6.33 Å². The summed E-state index contributed by atoms with van der Waals surface area (Å²) in [6.07, 6.45) is 2.80. The van der Waals surface area contributed by atoms with Gasteiger partial charge in [-0.2, -0.15) is 5.10 Å². The predicted molar refractivity (Wildman–Crippen MR) is 101 cm³/mol. The first kappa shape index (κ1) is 20.4. The second kappa shape index (κ2) is 8.66. The minimum Gasteiger partial charge on any atom is -0.444 e. The van der Waals surface area contributed by atoms with Gasteiger partial charge < -0.3 is 15.0 Å². The molecule has 2 rings (SSSR count). The number of carbonyl (C=O) groups is 2. The number of nitrogens with one attached hydrogen (secondary N) is 1. The molecule has 0 spiro atoms. The van der Waals surface area contributed by atoms with E-state index in [9.17, 15) is 9.59 Å². The molecule has 0 aliphatic carbocycles. The highest BCUT2D eigenvalue weighted by molar-refractivity contribution is 5.77. The molecule has 0 bridgehead atoms. The quantitative estimate of drug-likeness (QED) is 0.841. The SMILES string of the molecule is C[C@@H](c1ccc(-n2cncn2)cc1)N(C)C(=O)CCNC(=O)OC(C)(C)C. The molecule has 0 aliphatic heterocycles. The number of hydrogen-bond acceptors (Lipinski definition) is 5. The summed E-state index contributed by atoms with van der Waals surface area (Å²) in [6.45, 7) is 7.57. The fourth-order valence-corrected chi connectivity index (χ4v) is 2.45. The van der Waals surface area contributed by atoms with Crippen molar-refractivity contribution in [3.63, 3.8) is 0 Å². The number of rotatable bonds is 6. The number of aromatic nitrogens is 3. The van der Waals surface area contributed by atoms with Crippen LogP contribution >= 0.6 is 0 Å². The topological polar surface area (TPSA) is 89.4 Å². The van der Waals surface area contributed by atoms with Crippen molar-refractivity contribution in [3.8, 4) is 5.69 Å². The van der Waals surface area contributed by atoms with Crippen molar-refractivity contribution in [3.05, 3.63) is 42.5 Å². The van der Waals surface area contributed by atoms with Gasteiger partial charge in [0.25, 0.3) is 0 Å². The summed E-state index contributed by atoms with van der Waals surface area (Å²) < 4.78 is 6.82. The van der Waals surface area contributed by atoms with E-state index in [1.54, 1.807) is 43.7 Å². The number of alkyl carbamates (subject to hydrolysis) is 1. The number of hydrogen-bond donors (Lipinski definition) is 1. The lowest BCUT2D eigenvalue weighted by atomic mass is 10.1. The third-order valence-corrected chi connectivity index (χ3v) is 4.04. The van der Waals surface area contributed by atoms with Gasteiger partial charge in [0.05, 0.1) is 11.7 Å². The summed E-state index contributed by atoms with van der Waals surface area (Å²) in [5.41, 5.74) is 1.35. The Morgan fingerprint density at radius 3 is 2.48 bits per heavy atom. The molecular weight excluding hydrogens is 346 g/mol. The molecule has 0 unspecified atom stereocenters. The molecule has 1 aromatic heterocycles. The van der Waals surface area contributed by atoms with Gasteiger partial charge in [-0.3, -0.25) is 4.79 Å². The summed E-state index contributed by atoms with van der Waals surface area (Å²) in [5.74, 6) is -0.0566. The number of nitrogens with zero attached hydrogens (tertiary/aromatic N) is 4. The lowest BCUT2D eigenvalue weighted by Gasteiger charge is -2.26. The lowest BCUT2D eigenvalue weighted by molar-refractivity contribution is -0.131. The van der Waals surface area contributed by atoms with E-state index < -0.39 is 11.7 Å². The normalized spacial score (nSPS) is 12.3. The Labute approximate surface area is 159 Å². The largest absolute Gasteiger partial charge is 0.444 e. The van der Waals surface area contributed by atoms with Crippen molar-refractivity contribution in [1.82, 2.24) is 25.0 Å². The average Bonchev–Trinajstić information content (AvgIpc) is 3.13. The Morgan fingerprint density at radius 1 is 1.26 bits per heavy atom. The first-order valence-corrected chi connectivity index (χ1v) is 8.85. The van der Waals surface area contributed by atoms with E-state index in [4.69, 9.17) is 4.74 Å². The van der Waals surface area contributed by atoms with Crippen molar-refractivity contribution in [2.24, 2.45) is 0 Å². The average molecular weight is 373 g/mol. The number of amides is 2. The highest BCUT2D eigenvalue weighted by Crippen LogP contribution is 2.20. The molecule has 27 heavy (non-hydrogen) atoms. The van der Waals surface area contributed by atoms with Gasteiger partial charge in [-0.25, -0.2) is 14.5 Å². The molecule has 1 heterocycles. The minimum atomic E-state index is -0.558. The molecule has 146 valence electrons. The fraction of sp³-hybridized carbons (Fsp3) is 0.474. The van der Waals surface area contributed by atoms with Crippen molar-refractivity contribution < 1.29 is 14.3 Å². The summed E-state index contributed by atoms with van der Waals surface area (Å²) in [6, 6.07) is 7.70. The van der Waals surface area contributed by atoms with Crippen LogP contribution < -0.4 is 5.32 Å². The predicted octanol–water partition coefficient (Wildman–Crippen LogP) is 2.70. The molecule has 0 radical (unpaired) electrons. The van der Waals surface area contributed by atoms with Crippen LogP contribution in [0.15, 0.2) is 36.9 Å². The standard InChI is InChI=1S/C19H27N5O3/c1-14(15-6-8-16(9-7-15)24-13-20-12-22-24)23(5)17(25)10-11-21-18(26)27-19(2,3)4/h6-9,12-14H,10-11H2,1-5H3,(H,21,26)/t14-/m0/s1. The summed E-state index contributed by atoms with van der Waals surface area (Å²) in [4.78, 5) is 29.6.